The van der Waals surface area contributed by atoms with Gasteiger partial charge in [0.05, 0.1) is 25.2 Å². The lowest BCUT2D eigenvalue weighted by Gasteiger charge is -2.06. The number of anilines is 1. The molecule has 0 saturated carbocycles. The van der Waals surface area contributed by atoms with E-state index in [4.69, 9.17) is 15.2 Å². The monoisotopic (exact) mass is 231 g/mol. The Kier molecular flexibility index (Phi) is 3.40. The van der Waals surface area contributed by atoms with Gasteiger partial charge < -0.3 is 15.2 Å². The maximum absolute atomic E-state index is 5.53. The van der Waals surface area contributed by atoms with Crippen LogP contribution in [0.2, 0.25) is 0 Å². The summed E-state index contributed by atoms with van der Waals surface area (Å²) in [6, 6.07) is 7.36. The van der Waals surface area contributed by atoms with Gasteiger partial charge in [-0.25, -0.2) is 9.97 Å². The molecule has 0 aliphatic carbocycles. The van der Waals surface area contributed by atoms with Gasteiger partial charge in [-0.3, -0.25) is 0 Å². The number of hydrogen-bond donors (Lipinski definition) is 1. The minimum Gasteiger partial charge on any atom is -0.497 e. The minimum absolute atomic E-state index is 0.299. The molecule has 2 N–H and O–H groups in total. The number of nitrogens with zero attached hydrogens (tertiary/aromatic N) is 2. The zero-order chi connectivity index (χ0) is 12.1. The third kappa shape index (κ3) is 3.07. The highest BCUT2D eigenvalue weighted by molar-refractivity contribution is 5.33. The molecule has 2 rings (SSSR count). The van der Waals surface area contributed by atoms with Gasteiger partial charge in [0.15, 0.2) is 5.82 Å². The molecule has 0 bridgehead atoms. The smallest absolute Gasteiger partial charge is 0.166 e. The summed E-state index contributed by atoms with van der Waals surface area (Å²) in [5.41, 5.74) is 6.03. The second-order valence-corrected chi connectivity index (χ2v) is 3.40. The molecule has 0 aliphatic rings. The van der Waals surface area contributed by atoms with E-state index in [-0.39, 0.29) is 0 Å². The Balaban J connectivity index is 1.99. The number of nitrogen functional groups attached to an aromatic ring is 1. The number of methoxy groups -OCH3 is 1. The SMILES string of the molecule is COc1cccc(OCc2ncc(N)cn2)c1. The maximum atomic E-state index is 5.53. The lowest BCUT2D eigenvalue weighted by molar-refractivity contribution is 0.293. The maximum Gasteiger partial charge on any atom is 0.166 e. The molecule has 2 aromatic rings. The van der Waals surface area contributed by atoms with Crippen molar-refractivity contribution in [3.8, 4) is 11.5 Å². The Labute approximate surface area is 99.2 Å². The fraction of sp³-hybridized carbons (Fsp3) is 0.167. The molecule has 5 nitrogen and oxygen atoms in total. The van der Waals surface area contributed by atoms with E-state index in [0.29, 0.717) is 23.9 Å². The molecule has 88 valence electrons. The molecular weight excluding hydrogens is 218 g/mol. The fourth-order valence-corrected chi connectivity index (χ4v) is 1.28. The van der Waals surface area contributed by atoms with Gasteiger partial charge in [-0.15, -0.1) is 0 Å². The third-order valence-corrected chi connectivity index (χ3v) is 2.13. The average Bonchev–Trinajstić information content (AvgIpc) is 2.38. The van der Waals surface area contributed by atoms with E-state index < -0.39 is 0 Å². The molecule has 1 aromatic carbocycles. The largest absolute Gasteiger partial charge is 0.497 e. The lowest BCUT2D eigenvalue weighted by Crippen LogP contribution is -2.02. The molecule has 0 amide bonds. The highest BCUT2D eigenvalue weighted by Gasteiger charge is 1.99. The van der Waals surface area contributed by atoms with Crippen LogP contribution in [-0.2, 0) is 6.61 Å². The number of benzene rings is 1. The number of nitrogens with two attached hydrogens (primary N) is 1. The third-order valence-electron chi connectivity index (χ3n) is 2.13. The molecule has 17 heavy (non-hydrogen) atoms. The van der Waals surface area contributed by atoms with Crippen molar-refractivity contribution in [1.29, 1.82) is 0 Å². The predicted octanol–water partition coefficient (Wildman–Crippen LogP) is 1.65. The molecule has 0 aliphatic heterocycles. The number of rotatable bonds is 4. The van der Waals surface area contributed by atoms with Gasteiger partial charge in [0.1, 0.15) is 18.1 Å². The number of ether oxygens (including phenoxy) is 2. The summed E-state index contributed by atoms with van der Waals surface area (Å²) in [6.07, 6.45) is 3.11. The summed E-state index contributed by atoms with van der Waals surface area (Å²) in [6.45, 7) is 0.299. The van der Waals surface area contributed by atoms with Gasteiger partial charge in [-0.1, -0.05) is 6.07 Å². The van der Waals surface area contributed by atoms with Crippen LogP contribution in [0.15, 0.2) is 36.7 Å². The molecule has 0 saturated heterocycles. The minimum atomic E-state index is 0.299. The number of hydrogen-bond acceptors (Lipinski definition) is 5. The summed E-state index contributed by atoms with van der Waals surface area (Å²) in [5, 5.41) is 0. The summed E-state index contributed by atoms with van der Waals surface area (Å²) >= 11 is 0. The van der Waals surface area contributed by atoms with Crippen molar-refractivity contribution in [3.05, 3.63) is 42.5 Å². The fourth-order valence-electron chi connectivity index (χ4n) is 1.28. The quantitative estimate of drug-likeness (QED) is 0.866. The van der Waals surface area contributed by atoms with Crippen LogP contribution in [0.25, 0.3) is 0 Å². The lowest BCUT2D eigenvalue weighted by atomic mass is 10.3. The molecule has 0 fully saturated rings. The van der Waals surface area contributed by atoms with Crippen LogP contribution in [0, 0.1) is 0 Å². The molecule has 1 aromatic heterocycles. The molecule has 0 radical (unpaired) electrons. The average molecular weight is 231 g/mol. The Morgan fingerprint density at radius 3 is 2.59 bits per heavy atom. The van der Waals surface area contributed by atoms with Crippen LogP contribution in [-0.4, -0.2) is 17.1 Å². The first-order valence-corrected chi connectivity index (χ1v) is 5.11. The van der Waals surface area contributed by atoms with Crippen molar-refractivity contribution in [3.63, 3.8) is 0 Å². The number of aromatic nitrogens is 2. The van der Waals surface area contributed by atoms with Crippen molar-refractivity contribution in [2.45, 2.75) is 6.61 Å². The predicted molar refractivity (Wildman–Crippen MR) is 63.8 cm³/mol. The topological polar surface area (TPSA) is 70.3 Å². The van der Waals surface area contributed by atoms with Crippen molar-refractivity contribution in [2.75, 3.05) is 12.8 Å². The Morgan fingerprint density at radius 1 is 1.18 bits per heavy atom. The van der Waals surface area contributed by atoms with Gasteiger partial charge in [0.25, 0.3) is 0 Å². The first kappa shape index (κ1) is 11.2. The molecule has 0 spiro atoms. The van der Waals surface area contributed by atoms with Gasteiger partial charge in [0, 0.05) is 6.07 Å². The van der Waals surface area contributed by atoms with Crippen molar-refractivity contribution >= 4 is 5.69 Å². The summed E-state index contributed by atoms with van der Waals surface area (Å²) in [4.78, 5) is 8.09. The van der Waals surface area contributed by atoms with Crippen LogP contribution in [0.4, 0.5) is 5.69 Å². The second-order valence-electron chi connectivity index (χ2n) is 3.40. The Morgan fingerprint density at radius 2 is 1.88 bits per heavy atom. The molecule has 0 atom stereocenters. The van der Waals surface area contributed by atoms with Gasteiger partial charge >= 0.3 is 0 Å². The van der Waals surface area contributed by atoms with Crippen LogP contribution >= 0.6 is 0 Å². The second kappa shape index (κ2) is 5.16. The van der Waals surface area contributed by atoms with Crippen LogP contribution < -0.4 is 15.2 Å². The summed E-state index contributed by atoms with van der Waals surface area (Å²) in [5.74, 6) is 2.05. The normalized spacial score (nSPS) is 9.94. The van der Waals surface area contributed by atoms with Gasteiger partial charge in [0.2, 0.25) is 0 Å². The Hall–Kier alpha value is -2.30. The molecule has 5 heteroatoms. The van der Waals surface area contributed by atoms with E-state index in [1.54, 1.807) is 25.6 Å². The van der Waals surface area contributed by atoms with E-state index >= 15 is 0 Å². The van der Waals surface area contributed by atoms with Crippen molar-refractivity contribution in [2.24, 2.45) is 0 Å². The molecular formula is C12H13N3O2. The van der Waals surface area contributed by atoms with Gasteiger partial charge in [-0.05, 0) is 12.1 Å². The summed E-state index contributed by atoms with van der Waals surface area (Å²) in [7, 11) is 1.61. The highest BCUT2D eigenvalue weighted by atomic mass is 16.5. The highest BCUT2D eigenvalue weighted by Crippen LogP contribution is 2.19. The van der Waals surface area contributed by atoms with Crippen LogP contribution in [0.3, 0.4) is 0 Å². The first-order chi connectivity index (χ1) is 8.28. The first-order valence-electron chi connectivity index (χ1n) is 5.11. The van der Waals surface area contributed by atoms with Crippen LogP contribution in [0.1, 0.15) is 5.82 Å². The molecule has 1 heterocycles. The van der Waals surface area contributed by atoms with Gasteiger partial charge in [-0.2, -0.15) is 0 Å². The van der Waals surface area contributed by atoms with E-state index in [0.717, 1.165) is 5.75 Å². The van der Waals surface area contributed by atoms with E-state index in [1.165, 1.54) is 0 Å². The van der Waals surface area contributed by atoms with E-state index in [2.05, 4.69) is 9.97 Å². The molecule has 0 unspecified atom stereocenters. The van der Waals surface area contributed by atoms with Crippen molar-refractivity contribution in [1.82, 2.24) is 9.97 Å². The summed E-state index contributed by atoms with van der Waals surface area (Å²) < 4.78 is 10.6. The van der Waals surface area contributed by atoms with E-state index in [1.807, 2.05) is 18.2 Å². The standard InChI is InChI=1S/C12H13N3O2/c1-16-10-3-2-4-11(5-10)17-8-12-14-6-9(13)7-15-12/h2-7H,8,13H2,1H3. The zero-order valence-electron chi connectivity index (χ0n) is 9.46. The van der Waals surface area contributed by atoms with Crippen LogP contribution in [0.5, 0.6) is 11.5 Å². The van der Waals surface area contributed by atoms with Crippen molar-refractivity contribution < 1.29 is 9.47 Å². The zero-order valence-corrected chi connectivity index (χ0v) is 9.46. The Bertz CT molecular complexity index is 485. The van der Waals surface area contributed by atoms with E-state index in [9.17, 15) is 0 Å².